The fourth-order valence-electron chi connectivity index (χ4n) is 4.70. The first-order chi connectivity index (χ1) is 17.5. The Hall–Kier alpha value is -3.26. The van der Waals surface area contributed by atoms with Gasteiger partial charge in [-0.05, 0) is 42.7 Å². The van der Waals surface area contributed by atoms with E-state index in [1.54, 1.807) is 29.8 Å². The minimum absolute atomic E-state index is 0.0317. The summed E-state index contributed by atoms with van der Waals surface area (Å²) in [6.07, 6.45) is -6.52. The molecule has 0 spiro atoms. The highest BCUT2D eigenvalue weighted by atomic mass is 32.1. The third-order valence-corrected chi connectivity index (χ3v) is 7.55. The average molecular weight is 537 g/mol. The normalized spacial score (nSPS) is 22.1. The number of nitrogens with zero attached hydrogens (tertiary/aromatic N) is 3. The molecule has 0 unspecified atom stereocenters. The van der Waals surface area contributed by atoms with Crippen LogP contribution in [0.15, 0.2) is 36.4 Å². The molecule has 4 N–H and O–H groups in total. The molecule has 1 aliphatic carbocycles. The maximum atomic E-state index is 12.9. The van der Waals surface area contributed by atoms with Crippen molar-refractivity contribution in [2.75, 3.05) is 11.9 Å². The lowest BCUT2D eigenvalue weighted by molar-refractivity contribution is -0.274. The zero-order chi connectivity index (χ0) is 26.5. The van der Waals surface area contributed by atoms with E-state index in [-0.39, 0.29) is 24.6 Å². The van der Waals surface area contributed by atoms with E-state index < -0.39 is 30.4 Å². The number of hydrogen-bond donors (Lipinski definition) is 4. The van der Waals surface area contributed by atoms with Crippen molar-refractivity contribution in [3.8, 4) is 5.75 Å². The predicted molar refractivity (Wildman–Crippen MR) is 130 cm³/mol. The van der Waals surface area contributed by atoms with Crippen molar-refractivity contribution in [2.45, 2.75) is 31.4 Å². The van der Waals surface area contributed by atoms with Crippen LogP contribution in [-0.2, 0) is 7.05 Å². The molecule has 196 valence electrons. The zero-order valence-electron chi connectivity index (χ0n) is 19.4. The average Bonchev–Trinajstić information content (AvgIpc) is 3.47. The molecule has 9 nitrogen and oxygen atoms in total. The van der Waals surface area contributed by atoms with E-state index >= 15 is 0 Å². The fourth-order valence-corrected chi connectivity index (χ4v) is 5.59. The van der Waals surface area contributed by atoms with Gasteiger partial charge in [0, 0.05) is 37.6 Å². The van der Waals surface area contributed by atoms with E-state index in [4.69, 9.17) is 0 Å². The van der Waals surface area contributed by atoms with Gasteiger partial charge in [0.15, 0.2) is 10.9 Å². The highest BCUT2D eigenvalue weighted by molar-refractivity contribution is 7.22. The number of nitrogens with one attached hydrogen (secondary N) is 1. The third kappa shape index (κ3) is 5.12. The second-order valence-electron chi connectivity index (χ2n) is 9.07. The van der Waals surface area contributed by atoms with E-state index in [0.717, 1.165) is 16.9 Å². The molecule has 13 heteroatoms. The van der Waals surface area contributed by atoms with Crippen LogP contribution in [0.1, 0.15) is 23.2 Å². The number of ketones is 1. The molecule has 1 saturated carbocycles. The van der Waals surface area contributed by atoms with Gasteiger partial charge in [0.25, 0.3) is 0 Å². The summed E-state index contributed by atoms with van der Waals surface area (Å²) in [6, 6.07) is 8.95. The predicted octanol–water partition coefficient (Wildman–Crippen LogP) is 3.75. The Morgan fingerprint density at radius 1 is 1.14 bits per heavy atom. The van der Waals surface area contributed by atoms with Gasteiger partial charge in [-0.1, -0.05) is 11.3 Å². The maximum Gasteiger partial charge on any atom is 0.573 e. The van der Waals surface area contributed by atoms with Gasteiger partial charge in [0.05, 0.1) is 33.5 Å². The molecular formula is C24H23F3N4O5S. The number of Topliss-reactive ketones (excluding diaryl/α,β-unsaturated/α-hetero) is 1. The van der Waals surface area contributed by atoms with Crippen LogP contribution in [0.25, 0.3) is 21.3 Å². The van der Waals surface area contributed by atoms with Crippen molar-refractivity contribution in [3.63, 3.8) is 0 Å². The summed E-state index contributed by atoms with van der Waals surface area (Å²) in [4.78, 5) is 21.8. The zero-order valence-corrected chi connectivity index (χ0v) is 20.3. The molecule has 2 aromatic heterocycles. The Balaban J connectivity index is 1.34. The lowest BCUT2D eigenvalue weighted by Gasteiger charge is -2.16. The molecule has 37 heavy (non-hydrogen) atoms. The van der Waals surface area contributed by atoms with Crippen molar-refractivity contribution in [2.24, 2.45) is 18.9 Å². The number of hydrogen-bond acceptors (Lipinski definition) is 9. The number of aliphatic hydroxyl groups is 3. The molecule has 0 bridgehead atoms. The first-order valence-corrected chi connectivity index (χ1v) is 12.2. The summed E-state index contributed by atoms with van der Waals surface area (Å²) in [5.41, 5.74) is 2.18. The van der Waals surface area contributed by atoms with Crippen LogP contribution in [0, 0.1) is 11.8 Å². The number of aliphatic hydroxyl groups excluding tert-OH is 3. The van der Waals surface area contributed by atoms with Crippen molar-refractivity contribution >= 4 is 49.4 Å². The van der Waals surface area contributed by atoms with Crippen LogP contribution in [0.2, 0.25) is 0 Å². The van der Waals surface area contributed by atoms with Gasteiger partial charge >= 0.3 is 6.36 Å². The number of thiazole rings is 1. The Morgan fingerprint density at radius 2 is 1.89 bits per heavy atom. The minimum atomic E-state index is -4.78. The summed E-state index contributed by atoms with van der Waals surface area (Å²) in [6.45, 7) is -0.254. The molecule has 0 aliphatic heterocycles. The van der Waals surface area contributed by atoms with E-state index in [0.29, 0.717) is 38.8 Å². The largest absolute Gasteiger partial charge is 0.573 e. The number of anilines is 2. The SMILES string of the molecule is Cn1c(Nc2nc3ccc(OC(F)(F)F)cc3s2)nc2cc(C(=O)C[C@@H]3C[C@H](CO)[C@@H](O)[C@H]3O)ccc21. The number of alkyl halides is 3. The van der Waals surface area contributed by atoms with Gasteiger partial charge in [0.1, 0.15) is 5.75 Å². The van der Waals surface area contributed by atoms with Gasteiger partial charge < -0.3 is 29.9 Å². The van der Waals surface area contributed by atoms with Gasteiger partial charge in [0.2, 0.25) is 5.95 Å². The number of aryl methyl sites for hydroxylation is 1. The smallest absolute Gasteiger partial charge is 0.406 e. The third-order valence-electron chi connectivity index (χ3n) is 6.62. The van der Waals surface area contributed by atoms with Crippen LogP contribution < -0.4 is 10.1 Å². The molecule has 0 saturated heterocycles. The molecule has 5 rings (SSSR count). The van der Waals surface area contributed by atoms with E-state index in [2.05, 4.69) is 20.0 Å². The van der Waals surface area contributed by atoms with Gasteiger partial charge in [-0.3, -0.25) is 4.79 Å². The summed E-state index contributed by atoms with van der Waals surface area (Å²) in [7, 11) is 1.77. The summed E-state index contributed by atoms with van der Waals surface area (Å²) in [5.74, 6) is -1.02. The number of aromatic nitrogens is 3. The number of carbonyl (C=O) groups is 1. The van der Waals surface area contributed by atoms with Crippen LogP contribution in [0.3, 0.4) is 0 Å². The lowest BCUT2D eigenvalue weighted by atomic mass is 9.94. The van der Waals surface area contributed by atoms with Crippen molar-refractivity contribution < 1.29 is 38.0 Å². The molecule has 0 amide bonds. The van der Waals surface area contributed by atoms with Gasteiger partial charge in [-0.15, -0.1) is 13.2 Å². The Bertz CT molecular complexity index is 1470. The van der Waals surface area contributed by atoms with Crippen LogP contribution in [0.4, 0.5) is 24.3 Å². The summed E-state index contributed by atoms with van der Waals surface area (Å²) < 4.78 is 43.8. The quantitative estimate of drug-likeness (QED) is 0.263. The summed E-state index contributed by atoms with van der Waals surface area (Å²) >= 11 is 1.14. The van der Waals surface area contributed by atoms with Crippen molar-refractivity contribution in [1.82, 2.24) is 14.5 Å². The number of imidazole rings is 1. The first-order valence-electron chi connectivity index (χ1n) is 11.4. The molecule has 1 aliphatic rings. The number of rotatable bonds is 7. The van der Waals surface area contributed by atoms with Gasteiger partial charge in [-0.2, -0.15) is 0 Å². The van der Waals surface area contributed by atoms with Crippen molar-refractivity contribution in [1.29, 1.82) is 0 Å². The van der Waals surface area contributed by atoms with Crippen LogP contribution in [0.5, 0.6) is 5.75 Å². The number of halogens is 3. The standard InChI is InChI=1S/C24H23F3N4O5S/c1-31-17-5-2-11(18(33)8-12-6-13(10-32)21(35)20(12)34)7-16(17)28-22(31)30-23-29-15-4-3-14(9-19(15)37-23)36-24(25,26)27/h2-5,7,9,12-13,20-21,32,34-35H,6,8,10H2,1H3,(H,28,29,30)/t12-,13+,20-,21+/m0/s1. The number of fused-ring (bicyclic) bond motifs is 2. The number of ether oxygens (including phenoxy) is 1. The molecule has 2 heterocycles. The van der Waals surface area contributed by atoms with Crippen LogP contribution >= 0.6 is 11.3 Å². The molecule has 4 atom stereocenters. The lowest BCUT2D eigenvalue weighted by Crippen LogP contribution is -2.30. The van der Waals surface area contributed by atoms with Crippen molar-refractivity contribution in [3.05, 3.63) is 42.0 Å². The second kappa shape index (κ2) is 9.56. The monoisotopic (exact) mass is 536 g/mol. The number of carbonyl (C=O) groups excluding carboxylic acids is 1. The molecule has 1 fully saturated rings. The highest BCUT2D eigenvalue weighted by Crippen LogP contribution is 2.36. The highest BCUT2D eigenvalue weighted by Gasteiger charge is 2.41. The van der Waals surface area contributed by atoms with Gasteiger partial charge in [-0.25, -0.2) is 9.97 Å². The molecule has 2 aromatic carbocycles. The van der Waals surface area contributed by atoms with E-state index in [9.17, 15) is 33.3 Å². The Kier molecular flexibility index (Phi) is 6.56. The second-order valence-corrected chi connectivity index (χ2v) is 10.1. The Morgan fingerprint density at radius 3 is 2.59 bits per heavy atom. The molecule has 4 aromatic rings. The first kappa shape index (κ1) is 25.4. The molecule has 0 radical (unpaired) electrons. The maximum absolute atomic E-state index is 12.9. The summed E-state index contributed by atoms with van der Waals surface area (Å²) in [5, 5.41) is 33.1. The topological polar surface area (TPSA) is 130 Å². The Labute approximate surface area is 212 Å². The minimum Gasteiger partial charge on any atom is -0.406 e. The number of benzene rings is 2. The van der Waals surface area contributed by atoms with Crippen LogP contribution in [-0.4, -0.2) is 60.8 Å². The van der Waals surface area contributed by atoms with E-state index in [1.807, 2.05) is 0 Å². The fraction of sp³-hybridized carbons (Fsp3) is 0.375. The van der Waals surface area contributed by atoms with E-state index in [1.165, 1.54) is 18.2 Å². The molecular weight excluding hydrogens is 513 g/mol.